The summed E-state index contributed by atoms with van der Waals surface area (Å²) in [6.07, 6.45) is 9.06. The van der Waals surface area contributed by atoms with Gasteiger partial charge in [-0.1, -0.05) is 57.2 Å². The van der Waals surface area contributed by atoms with Crippen LogP contribution in [0.25, 0.3) is 0 Å². The molecule has 1 N–H and O–H groups in total. The first-order valence-electron chi connectivity index (χ1n) is 6.42. The molecule has 0 bridgehead atoms. The molecule has 0 radical (unpaired) electrons. The van der Waals surface area contributed by atoms with Gasteiger partial charge in [-0.2, -0.15) is 0 Å². The number of aliphatic hydroxyl groups is 1. The molecule has 17 heavy (non-hydrogen) atoms. The summed E-state index contributed by atoms with van der Waals surface area (Å²) in [5.74, 6) is 1.06. The quantitative estimate of drug-likeness (QED) is 0.729. The van der Waals surface area contributed by atoms with Gasteiger partial charge in [0.2, 0.25) is 0 Å². The predicted octanol–water partition coefficient (Wildman–Crippen LogP) is 4.11. The number of hydrogen-bond acceptors (Lipinski definition) is 1. The van der Waals surface area contributed by atoms with Gasteiger partial charge in [0.15, 0.2) is 0 Å². The third-order valence-corrected chi connectivity index (χ3v) is 4.39. The van der Waals surface area contributed by atoms with Crippen molar-refractivity contribution in [2.24, 2.45) is 17.3 Å². The van der Waals surface area contributed by atoms with Crippen molar-refractivity contribution in [1.82, 2.24) is 0 Å². The summed E-state index contributed by atoms with van der Waals surface area (Å²) in [5, 5.41) is 9.95. The fraction of sp³-hybridized carbons (Fsp3) is 0.625. The molecule has 1 rings (SSSR count). The molecule has 0 aliphatic heterocycles. The maximum Gasteiger partial charge on any atom is 0.0978 e. The van der Waals surface area contributed by atoms with E-state index in [4.69, 9.17) is 0 Å². The Hall–Kier alpha value is -0.820. The van der Waals surface area contributed by atoms with E-state index in [-0.39, 0.29) is 5.41 Å². The fourth-order valence-electron chi connectivity index (χ4n) is 2.45. The third-order valence-electron chi connectivity index (χ3n) is 4.39. The summed E-state index contributed by atoms with van der Waals surface area (Å²) < 4.78 is 0. The zero-order chi connectivity index (χ0) is 13.3. The first kappa shape index (κ1) is 14.2. The highest BCUT2D eigenvalue weighted by Gasteiger charge is 2.36. The fourth-order valence-corrected chi connectivity index (χ4v) is 2.45. The third kappa shape index (κ3) is 3.10. The summed E-state index contributed by atoms with van der Waals surface area (Å²) in [4.78, 5) is 0. The van der Waals surface area contributed by atoms with Crippen LogP contribution in [0.15, 0.2) is 36.5 Å². The van der Waals surface area contributed by atoms with Crippen molar-refractivity contribution >= 4 is 0 Å². The van der Waals surface area contributed by atoms with E-state index < -0.39 is 5.60 Å². The van der Waals surface area contributed by atoms with Crippen LogP contribution in [-0.2, 0) is 0 Å². The van der Waals surface area contributed by atoms with Gasteiger partial charge in [-0.15, -0.1) is 0 Å². The van der Waals surface area contributed by atoms with Crippen LogP contribution in [0.3, 0.4) is 0 Å². The highest BCUT2D eigenvalue weighted by molar-refractivity contribution is 5.22. The molecule has 0 spiro atoms. The van der Waals surface area contributed by atoms with Gasteiger partial charge >= 0.3 is 0 Å². The molecule has 0 saturated heterocycles. The van der Waals surface area contributed by atoms with Gasteiger partial charge in [0.05, 0.1) is 5.60 Å². The summed E-state index contributed by atoms with van der Waals surface area (Å²) in [7, 11) is 0. The van der Waals surface area contributed by atoms with Gasteiger partial charge in [-0.3, -0.25) is 0 Å². The Kier molecular flexibility index (Phi) is 4.03. The molecule has 3 atom stereocenters. The topological polar surface area (TPSA) is 20.2 Å². The molecule has 1 nitrogen and oxygen atoms in total. The predicted molar refractivity (Wildman–Crippen MR) is 74.8 cm³/mol. The van der Waals surface area contributed by atoms with E-state index in [1.54, 1.807) is 13.0 Å². The Morgan fingerprint density at radius 1 is 1.53 bits per heavy atom. The van der Waals surface area contributed by atoms with E-state index in [0.717, 1.165) is 6.42 Å². The summed E-state index contributed by atoms with van der Waals surface area (Å²) in [6, 6.07) is 0. The second kappa shape index (κ2) is 4.81. The van der Waals surface area contributed by atoms with Crippen LogP contribution >= 0.6 is 0 Å². The van der Waals surface area contributed by atoms with Gasteiger partial charge in [0.25, 0.3) is 0 Å². The van der Waals surface area contributed by atoms with E-state index in [0.29, 0.717) is 11.8 Å². The van der Waals surface area contributed by atoms with Crippen LogP contribution in [0.1, 0.15) is 41.0 Å². The molecular formula is C16H26O. The smallest absolute Gasteiger partial charge is 0.0978 e. The Balaban J connectivity index is 2.99. The zero-order valence-electron chi connectivity index (χ0n) is 11.8. The van der Waals surface area contributed by atoms with Crippen molar-refractivity contribution in [2.45, 2.75) is 46.6 Å². The first-order chi connectivity index (χ1) is 7.70. The standard InChI is InChI=1S/C16H26O/c1-7-16(6,17)11-10-14-12(2)8-9-13(3)15(14,4)5/h7-8,10-11,13-14,17H,1,9H2,2-6H3/b11-10+. The van der Waals surface area contributed by atoms with Crippen LogP contribution in [-0.4, -0.2) is 10.7 Å². The van der Waals surface area contributed by atoms with E-state index in [2.05, 4.69) is 46.4 Å². The van der Waals surface area contributed by atoms with E-state index >= 15 is 0 Å². The molecule has 0 aromatic carbocycles. The van der Waals surface area contributed by atoms with Crippen molar-refractivity contribution in [3.8, 4) is 0 Å². The molecule has 0 aromatic rings. The molecule has 0 heterocycles. The molecule has 3 unspecified atom stereocenters. The molecule has 0 amide bonds. The first-order valence-corrected chi connectivity index (χ1v) is 6.42. The van der Waals surface area contributed by atoms with E-state index in [1.165, 1.54) is 5.57 Å². The van der Waals surface area contributed by atoms with Crippen LogP contribution in [0.5, 0.6) is 0 Å². The molecule has 0 saturated carbocycles. The van der Waals surface area contributed by atoms with Gasteiger partial charge in [0, 0.05) is 5.92 Å². The molecule has 1 aliphatic rings. The monoisotopic (exact) mass is 234 g/mol. The van der Waals surface area contributed by atoms with Gasteiger partial charge < -0.3 is 5.11 Å². The average Bonchev–Trinajstić information content (AvgIpc) is 2.23. The highest BCUT2D eigenvalue weighted by Crippen LogP contribution is 2.45. The van der Waals surface area contributed by atoms with Gasteiger partial charge in [-0.25, -0.2) is 0 Å². The van der Waals surface area contributed by atoms with Crippen molar-refractivity contribution in [3.63, 3.8) is 0 Å². The summed E-state index contributed by atoms with van der Waals surface area (Å²) >= 11 is 0. The number of rotatable bonds is 3. The highest BCUT2D eigenvalue weighted by atomic mass is 16.3. The second-order valence-electron chi connectivity index (χ2n) is 6.17. The Morgan fingerprint density at radius 3 is 2.65 bits per heavy atom. The molecule has 1 aliphatic carbocycles. The van der Waals surface area contributed by atoms with Crippen LogP contribution in [0.4, 0.5) is 0 Å². The van der Waals surface area contributed by atoms with E-state index in [9.17, 15) is 5.11 Å². The minimum Gasteiger partial charge on any atom is -0.382 e. The Bertz CT molecular complexity index is 345. The minimum absolute atomic E-state index is 0.243. The van der Waals surface area contributed by atoms with Crippen LogP contribution in [0, 0.1) is 17.3 Å². The lowest BCUT2D eigenvalue weighted by Crippen LogP contribution is -2.34. The lowest BCUT2D eigenvalue weighted by atomic mass is 9.63. The normalized spacial score (nSPS) is 32.0. The zero-order valence-corrected chi connectivity index (χ0v) is 11.8. The van der Waals surface area contributed by atoms with Gasteiger partial charge in [0.1, 0.15) is 0 Å². The maximum atomic E-state index is 9.95. The maximum absolute atomic E-state index is 9.95. The summed E-state index contributed by atoms with van der Waals surface area (Å²) in [6.45, 7) is 14.5. The lowest BCUT2D eigenvalue weighted by Gasteiger charge is -2.42. The number of hydrogen-bond donors (Lipinski definition) is 1. The largest absolute Gasteiger partial charge is 0.382 e. The molecular weight excluding hydrogens is 208 g/mol. The Morgan fingerprint density at radius 2 is 2.12 bits per heavy atom. The molecule has 96 valence electrons. The van der Waals surface area contributed by atoms with Crippen LogP contribution < -0.4 is 0 Å². The lowest BCUT2D eigenvalue weighted by molar-refractivity contribution is 0.153. The average molecular weight is 234 g/mol. The van der Waals surface area contributed by atoms with Crippen molar-refractivity contribution in [3.05, 3.63) is 36.5 Å². The van der Waals surface area contributed by atoms with E-state index in [1.807, 2.05) is 6.08 Å². The van der Waals surface area contributed by atoms with Gasteiger partial charge in [-0.05, 0) is 31.6 Å². The molecule has 1 heteroatoms. The van der Waals surface area contributed by atoms with Crippen molar-refractivity contribution < 1.29 is 5.11 Å². The Labute approximate surface area is 106 Å². The second-order valence-corrected chi connectivity index (χ2v) is 6.17. The SMILES string of the molecule is C=CC(C)(O)/C=C/C1C(C)=CCC(C)C1(C)C. The van der Waals surface area contributed by atoms with Crippen LogP contribution in [0.2, 0.25) is 0 Å². The number of allylic oxidation sites excluding steroid dienone is 3. The molecule has 0 fully saturated rings. The van der Waals surface area contributed by atoms with Crippen molar-refractivity contribution in [1.29, 1.82) is 0 Å². The van der Waals surface area contributed by atoms with Crippen molar-refractivity contribution in [2.75, 3.05) is 0 Å². The summed E-state index contributed by atoms with van der Waals surface area (Å²) in [5.41, 5.74) is 0.744. The minimum atomic E-state index is -0.906. The molecule has 0 aromatic heterocycles.